The van der Waals surface area contributed by atoms with Gasteiger partial charge in [-0.1, -0.05) is 36.4 Å². The molecule has 6 nitrogen and oxygen atoms in total. The number of hydrogen-bond acceptors (Lipinski definition) is 3. The second kappa shape index (κ2) is 8.46. The standard InChI is InChI=1S/C27H21FN4O2/c28-16-10-8-15(9-11-16)27(34)32-23-7-3-5-17(21(23)14-29)18-12-13-20(26(30)33)25-24(18)19-4-1-2-6-22(19)31-25/h1-13,31H,14,29H2,(H2,30,33)(H,32,34). The van der Waals surface area contributed by atoms with Gasteiger partial charge >= 0.3 is 0 Å². The van der Waals surface area contributed by atoms with E-state index in [2.05, 4.69) is 10.3 Å². The fraction of sp³-hybridized carbons (Fsp3) is 0.0370. The van der Waals surface area contributed by atoms with Gasteiger partial charge in [0.05, 0.1) is 11.1 Å². The van der Waals surface area contributed by atoms with Gasteiger partial charge in [0, 0.05) is 34.1 Å². The van der Waals surface area contributed by atoms with Gasteiger partial charge in [-0.25, -0.2) is 4.39 Å². The van der Waals surface area contributed by atoms with E-state index in [1.165, 1.54) is 24.3 Å². The Morgan fingerprint density at radius 3 is 2.38 bits per heavy atom. The number of H-pyrrole nitrogens is 1. The van der Waals surface area contributed by atoms with Crippen molar-refractivity contribution >= 4 is 39.3 Å². The van der Waals surface area contributed by atoms with E-state index in [9.17, 15) is 14.0 Å². The Balaban J connectivity index is 1.68. The number of carbonyl (C=O) groups excluding carboxylic acids is 2. The summed E-state index contributed by atoms with van der Waals surface area (Å²) in [6.07, 6.45) is 0. The predicted octanol–water partition coefficient (Wildman–Crippen LogP) is 4.94. The number of aromatic nitrogens is 1. The summed E-state index contributed by atoms with van der Waals surface area (Å²) in [6.45, 7) is 0.163. The van der Waals surface area contributed by atoms with Crippen molar-refractivity contribution in [3.8, 4) is 11.1 Å². The minimum absolute atomic E-state index is 0.163. The molecule has 0 spiro atoms. The first-order chi connectivity index (χ1) is 16.5. The van der Waals surface area contributed by atoms with Gasteiger partial charge in [-0.15, -0.1) is 0 Å². The highest BCUT2D eigenvalue weighted by molar-refractivity contribution is 6.20. The molecule has 2 amide bonds. The Bertz CT molecular complexity index is 1570. The summed E-state index contributed by atoms with van der Waals surface area (Å²) in [6, 6.07) is 22.2. The molecule has 5 aromatic rings. The lowest BCUT2D eigenvalue weighted by Gasteiger charge is -2.16. The maximum atomic E-state index is 13.2. The molecule has 168 valence electrons. The van der Waals surface area contributed by atoms with Crippen LogP contribution in [0.15, 0.2) is 78.9 Å². The second-order valence-electron chi connectivity index (χ2n) is 7.94. The molecule has 1 heterocycles. The van der Waals surface area contributed by atoms with Crippen LogP contribution in [0, 0.1) is 5.82 Å². The number of halogens is 1. The minimum atomic E-state index is -0.525. The van der Waals surface area contributed by atoms with Gasteiger partial charge in [-0.05, 0) is 59.2 Å². The fourth-order valence-electron chi connectivity index (χ4n) is 4.36. The summed E-state index contributed by atoms with van der Waals surface area (Å²) in [4.78, 5) is 28.2. The number of para-hydroxylation sites is 1. The van der Waals surface area contributed by atoms with E-state index in [1.54, 1.807) is 12.1 Å². The van der Waals surface area contributed by atoms with Gasteiger partial charge in [0.25, 0.3) is 11.8 Å². The van der Waals surface area contributed by atoms with Crippen molar-refractivity contribution < 1.29 is 14.0 Å². The van der Waals surface area contributed by atoms with Crippen molar-refractivity contribution in [1.29, 1.82) is 0 Å². The Labute approximate surface area is 194 Å². The summed E-state index contributed by atoms with van der Waals surface area (Å²) in [5, 5.41) is 4.69. The molecule has 0 unspecified atom stereocenters. The molecule has 0 saturated carbocycles. The summed E-state index contributed by atoms with van der Waals surface area (Å²) in [5.74, 6) is -1.31. The van der Waals surface area contributed by atoms with E-state index in [1.807, 2.05) is 42.5 Å². The molecule has 0 fully saturated rings. The highest BCUT2D eigenvalue weighted by Gasteiger charge is 2.19. The molecule has 0 aliphatic carbocycles. The first kappa shape index (κ1) is 21.4. The number of nitrogens with one attached hydrogen (secondary N) is 2. The Morgan fingerprint density at radius 2 is 1.65 bits per heavy atom. The van der Waals surface area contributed by atoms with Crippen molar-refractivity contribution in [2.45, 2.75) is 6.54 Å². The predicted molar refractivity (Wildman–Crippen MR) is 132 cm³/mol. The van der Waals surface area contributed by atoms with Crippen molar-refractivity contribution in [2.75, 3.05) is 5.32 Å². The van der Waals surface area contributed by atoms with Gasteiger partial charge in [0.2, 0.25) is 0 Å². The highest BCUT2D eigenvalue weighted by atomic mass is 19.1. The largest absolute Gasteiger partial charge is 0.366 e. The van der Waals surface area contributed by atoms with Gasteiger partial charge in [0.1, 0.15) is 5.82 Å². The van der Waals surface area contributed by atoms with Crippen LogP contribution in [0.5, 0.6) is 0 Å². The maximum absolute atomic E-state index is 13.2. The molecule has 4 aromatic carbocycles. The lowest BCUT2D eigenvalue weighted by molar-refractivity contribution is 0.0999. The zero-order valence-corrected chi connectivity index (χ0v) is 18.1. The van der Waals surface area contributed by atoms with Crippen LogP contribution < -0.4 is 16.8 Å². The number of amides is 2. The molecular formula is C27H21FN4O2. The fourth-order valence-corrected chi connectivity index (χ4v) is 4.36. The molecule has 0 aliphatic heterocycles. The molecule has 0 aliphatic rings. The smallest absolute Gasteiger partial charge is 0.255 e. The molecule has 0 bridgehead atoms. The van der Waals surface area contributed by atoms with Crippen LogP contribution in [-0.4, -0.2) is 16.8 Å². The molecule has 5 rings (SSSR count). The highest BCUT2D eigenvalue weighted by Crippen LogP contribution is 2.39. The quantitative estimate of drug-likeness (QED) is 0.303. The van der Waals surface area contributed by atoms with Crippen LogP contribution in [0.1, 0.15) is 26.3 Å². The second-order valence-corrected chi connectivity index (χ2v) is 7.94. The molecular weight excluding hydrogens is 431 g/mol. The molecule has 0 radical (unpaired) electrons. The number of fused-ring (bicyclic) bond motifs is 3. The number of primary amides is 1. The van der Waals surface area contributed by atoms with Crippen molar-refractivity contribution in [3.05, 3.63) is 101 Å². The number of hydrogen-bond donors (Lipinski definition) is 4. The number of carbonyl (C=O) groups is 2. The lowest BCUT2D eigenvalue weighted by Crippen LogP contribution is -2.15. The van der Waals surface area contributed by atoms with E-state index in [-0.39, 0.29) is 12.5 Å². The molecule has 6 N–H and O–H groups in total. The normalized spacial score (nSPS) is 11.1. The van der Waals surface area contributed by atoms with E-state index in [0.717, 1.165) is 33.0 Å². The average molecular weight is 452 g/mol. The Morgan fingerprint density at radius 1 is 0.882 bits per heavy atom. The number of rotatable bonds is 5. The van der Waals surface area contributed by atoms with Gasteiger partial charge in [-0.2, -0.15) is 0 Å². The minimum Gasteiger partial charge on any atom is -0.366 e. The topological polar surface area (TPSA) is 114 Å². The Kier molecular flexibility index (Phi) is 5.31. The molecule has 1 aromatic heterocycles. The van der Waals surface area contributed by atoms with E-state index in [4.69, 9.17) is 11.5 Å². The number of aromatic amines is 1. The number of anilines is 1. The monoisotopic (exact) mass is 452 g/mol. The van der Waals surface area contributed by atoms with Crippen LogP contribution in [0.4, 0.5) is 10.1 Å². The zero-order valence-electron chi connectivity index (χ0n) is 18.1. The van der Waals surface area contributed by atoms with Crippen molar-refractivity contribution in [2.24, 2.45) is 11.5 Å². The van der Waals surface area contributed by atoms with Crippen LogP contribution in [0.3, 0.4) is 0 Å². The zero-order chi connectivity index (χ0) is 23.8. The number of nitrogens with two attached hydrogens (primary N) is 2. The maximum Gasteiger partial charge on any atom is 0.255 e. The molecule has 7 heteroatoms. The summed E-state index contributed by atoms with van der Waals surface area (Å²) in [5.41, 5.74) is 17.0. The Hall–Kier alpha value is -4.49. The average Bonchev–Trinajstić information content (AvgIpc) is 3.23. The van der Waals surface area contributed by atoms with Crippen molar-refractivity contribution in [1.82, 2.24) is 4.98 Å². The first-order valence-electron chi connectivity index (χ1n) is 10.7. The first-order valence-corrected chi connectivity index (χ1v) is 10.7. The van der Waals surface area contributed by atoms with E-state index >= 15 is 0 Å². The van der Waals surface area contributed by atoms with Crippen LogP contribution in [0.25, 0.3) is 32.9 Å². The van der Waals surface area contributed by atoms with Crippen LogP contribution >= 0.6 is 0 Å². The van der Waals surface area contributed by atoms with Crippen molar-refractivity contribution in [3.63, 3.8) is 0 Å². The molecule has 34 heavy (non-hydrogen) atoms. The third kappa shape index (κ3) is 3.58. The summed E-state index contributed by atoms with van der Waals surface area (Å²) >= 11 is 0. The third-order valence-corrected chi connectivity index (χ3v) is 5.95. The third-order valence-electron chi connectivity index (χ3n) is 5.95. The molecule has 0 atom stereocenters. The van der Waals surface area contributed by atoms with Crippen LogP contribution in [0.2, 0.25) is 0 Å². The summed E-state index contributed by atoms with van der Waals surface area (Å²) < 4.78 is 13.2. The van der Waals surface area contributed by atoms with E-state index in [0.29, 0.717) is 22.3 Å². The number of benzene rings is 4. The lowest BCUT2D eigenvalue weighted by atomic mass is 9.92. The molecule has 0 saturated heterocycles. The van der Waals surface area contributed by atoms with Gasteiger partial charge < -0.3 is 21.8 Å². The van der Waals surface area contributed by atoms with E-state index < -0.39 is 11.7 Å². The van der Waals surface area contributed by atoms with Gasteiger partial charge in [-0.3, -0.25) is 9.59 Å². The summed E-state index contributed by atoms with van der Waals surface area (Å²) in [7, 11) is 0. The van der Waals surface area contributed by atoms with Crippen LogP contribution in [-0.2, 0) is 6.54 Å². The SMILES string of the molecule is NCc1c(NC(=O)c2ccc(F)cc2)cccc1-c1ccc(C(N)=O)c2[nH]c3ccccc3c12. The van der Waals surface area contributed by atoms with Gasteiger partial charge in [0.15, 0.2) is 0 Å².